The Bertz CT molecular complexity index is 448. The Kier molecular flexibility index (Phi) is 1.58. The largest absolute Gasteiger partial charge is 0.416 e. The number of halogens is 3. The number of rotatable bonds is 0. The molecule has 78 valence electrons. The summed E-state index contributed by atoms with van der Waals surface area (Å²) in [5.41, 5.74) is 1.16. The SMILES string of the molecule is FC(F)(F)c1ccc2c(c1)C1C=CC2N1. The molecular weight excluding hydrogens is 203 g/mol. The van der Waals surface area contributed by atoms with Gasteiger partial charge in [0.05, 0.1) is 17.6 Å². The van der Waals surface area contributed by atoms with E-state index in [9.17, 15) is 13.2 Å². The molecule has 4 heteroatoms. The van der Waals surface area contributed by atoms with Crippen LogP contribution in [-0.4, -0.2) is 0 Å². The van der Waals surface area contributed by atoms with Crippen molar-refractivity contribution in [2.75, 3.05) is 0 Å². The molecule has 0 saturated carbocycles. The highest BCUT2D eigenvalue weighted by molar-refractivity contribution is 5.48. The molecule has 3 rings (SSSR count). The molecule has 0 radical (unpaired) electrons. The van der Waals surface area contributed by atoms with Gasteiger partial charge in [0, 0.05) is 0 Å². The van der Waals surface area contributed by atoms with Gasteiger partial charge in [-0.3, -0.25) is 5.32 Å². The second-order valence-corrected chi connectivity index (χ2v) is 3.85. The van der Waals surface area contributed by atoms with Crippen LogP contribution in [0.15, 0.2) is 30.4 Å². The summed E-state index contributed by atoms with van der Waals surface area (Å²) in [6, 6.07) is 4.03. The molecular formula is C11H8F3N. The first-order chi connectivity index (χ1) is 7.05. The van der Waals surface area contributed by atoms with Gasteiger partial charge < -0.3 is 0 Å². The average Bonchev–Trinajstić information content (AvgIpc) is 2.76. The van der Waals surface area contributed by atoms with E-state index >= 15 is 0 Å². The van der Waals surface area contributed by atoms with E-state index in [-0.39, 0.29) is 12.1 Å². The number of fused-ring (bicyclic) bond motifs is 5. The standard InChI is InChI=1S/C11H8F3N/c12-11(13,14)6-1-2-7-8(5-6)10-4-3-9(7)15-10/h1-5,9-10,15H. The monoisotopic (exact) mass is 211 g/mol. The second kappa shape index (κ2) is 2.64. The minimum atomic E-state index is -4.25. The van der Waals surface area contributed by atoms with Gasteiger partial charge >= 0.3 is 6.18 Å². The first-order valence-corrected chi connectivity index (χ1v) is 4.71. The predicted molar refractivity (Wildman–Crippen MR) is 49.2 cm³/mol. The summed E-state index contributed by atoms with van der Waals surface area (Å²) in [7, 11) is 0. The summed E-state index contributed by atoms with van der Waals surface area (Å²) >= 11 is 0. The van der Waals surface area contributed by atoms with Crippen LogP contribution in [0.25, 0.3) is 0 Å². The second-order valence-electron chi connectivity index (χ2n) is 3.85. The maximum absolute atomic E-state index is 12.5. The third kappa shape index (κ3) is 1.21. The van der Waals surface area contributed by atoms with Crippen LogP contribution in [0, 0.1) is 0 Å². The number of alkyl halides is 3. The lowest BCUT2D eigenvalue weighted by molar-refractivity contribution is -0.137. The average molecular weight is 211 g/mol. The zero-order valence-corrected chi connectivity index (χ0v) is 7.68. The van der Waals surface area contributed by atoms with Crippen LogP contribution in [0.1, 0.15) is 28.8 Å². The van der Waals surface area contributed by atoms with E-state index in [1.54, 1.807) is 6.07 Å². The Balaban J connectivity index is 2.10. The van der Waals surface area contributed by atoms with Gasteiger partial charge in [-0.05, 0) is 23.3 Å². The van der Waals surface area contributed by atoms with E-state index in [0.29, 0.717) is 0 Å². The fourth-order valence-corrected chi connectivity index (χ4v) is 2.22. The van der Waals surface area contributed by atoms with E-state index in [1.165, 1.54) is 6.07 Å². The Morgan fingerprint density at radius 2 is 1.67 bits per heavy atom. The van der Waals surface area contributed by atoms with Crippen LogP contribution in [0.5, 0.6) is 0 Å². The van der Waals surface area contributed by atoms with Crippen LogP contribution in [0.2, 0.25) is 0 Å². The van der Waals surface area contributed by atoms with E-state index in [2.05, 4.69) is 5.32 Å². The molecule has 1 nitrogen and oxygen atoms in total. The molecule has 0 fully saturated rings. The van der Waals surface area contributed by atoms with Crippen LogP contribution in [0.4, 0.5) is 13.2 Å². The topological polar surface area (TPSA) is 12.0 Å². The normalized spacial score (nSPS) is 27.1. The number of hydrogen-bond acceptors (Lipinski definition) is 1. The molecule has 2 bridgehead atoms. The lowest BCUT2D eigenvalue weighted by Crippen LogP contribution is -2.08. The molecule has 0 aliphatic carbocycles. The minimum Gasteiger partial charge on any atom is -0.296 e. The molecule has 0 aromatic heterocycles. The summed E-state index contributed by atoms with van der Waals surface area (Å²) in [4.78, 5) is 0. The third-order valence-electron chi connectivity index (χ3n) is 2.94. The van der Waals surface area contributed by atoms with Crippen molar-refractivity contribution < 1.29 is 13.2 Å². The summed E-state index contributed by atoms with van der Waals surface area (Å²) in [6.45, 7) is 0. The highest BCUT2D eigenvalue weighted by Crippen LogP contribution is 2.42. The summed E-state index contributed by atoms with van der Waals surface area (Å²) < 4.78 is 37.4. The molecule has 1 aromatic rings. The molecule has 2 aliphatic rings. The maximum atomic E-state index is 12.5. The van der Waals surface area contributed by atoms with E-state index in [1.807, 2.05) is 12.2 Å². The Hall–Kier alpha value is -1.29. The van der Waals surface area contributed by atoms with Crippen LogP contribution < -0.4 is 5.32 Å². The van der Waals surface area contributed by atoms with Gasteiger partial charge in [-0.1, -0.05) is 18.2 Å². The van der Waals surface area contributed by atoms with Crippen LogP contribution in [0.3, 0.4) is 0 Å². The molecule has 2 aliphatic heterocycles. The maximum Gasteiger partial charge on any atom is 0.416 e. The van der Waals surface area contributed by atoms with E-state index < -0.39 is 11.7 Å². The lowest BCUT2D eigenvalue weighted by Gasteiger charge is -2.12. The molecule has 1 aromatic carbocycles. The summed E-state index contributed by atoms with van der Waals surface area (Å²) in [6.07, 6.45) is -0.353. The van der Waals surface area contributed by atoms with Gasteiger partial charge in [0.15, 0.2) is 0 Å². The minimum absolute atomic E-state index is 0.0349. The number of benzene rings is 1. The molecule has 2 unspecified atom stereocenters. The fraction of sp³-hybridized carbons (Fsp3) is 0.273. The zero-order chi connectivity index (χ0) is 10.6. The van der Waals surface area contributed by atoms with E-state index in [0.717, 1.165) is 17.2 Å². The molecule has 0 spiro atoms. The predicted octanol–water partition coefficient (Wildman–Crippen LogP) is 2.96. The Morgan fingerprint density at radius 1 is 1.00 bits per heavy atom. The van der Waals surface area contributed by atoms with Gasteiger partial charge in [-0.15, -0.1) is 0 Å². The lowest BCUT2D eigenvalue weighted by atomic mass is 9.95. The van der Waals surface area contributed by atoms with Gasteiger partial charge in [0.25, 0.3) is 0 Å². The number of nitrogens with one attached hydrogen (secondary N) is 1. The number of hydrogen-bond donors (Lipinski definition) is 1. The van der Waals surface area contributed by atoms with E-state index in [4.69, 9.17) is 0 Å². The van der Waals surface area contributed by atoms with Crippen molar-refractivity contribution in [3.63, 3.8) is 0 Å². The van der Waals surface area contributed by atoms with Crippen molar-refractivity contribution in [1.29, 1.82) is 0 Å². The molecule has 0 saturated heterocycles. The molecule has 1 N–H and O–H groups in total. The first kappa shape index (κ1) is 8.97. The third-order valence-corrected chi connectivity index (χ3v) is 2.94. The van der Waals surface area contributed by atoms with Crippen molar-refractivity contribution in [1.82, 2.24) is 5.32 Å². The van der Waals surface area contributed by atoms with Crippen LogP contribution >= 0.6 is 0 Å². The zero-order valence-electron chi connectivity index (χ0n) is 7.68. The van der Waals surface area contributed by atoms with Gasteiger partial charge in [0.2, 0.25) is 0 Å². The van der Waals surface area contributed by atoms with Crippen molar-refractivity contribution in [3.8, 4) is 0 Å². The Morgan fingerprint density at radius 3 is 2.33 bits per heavy atom. The Labute approximate surface area is 84.6 Å². The van der Waals surface area contributed by atoms with Gasteiger partial charge in [0.1, 0.15) is 0 Å². The molecule has 0 amide bonds. The van der Waals surface area contributed by atoms with Crippen molar-refractivity contribution in [2.24, 2.45) is 0 Å². The quantitative estimate of drug-likeness (QED) is 0.650. The van der Waals surface area contributed by atoms with Crippen molar-refractivity contribution in [3.05, 3.63) is 47.0 Å². The van der Waals surface area contributed by atoms with Crippen LogP contribution in [-0.2, 0) is 6.18 Å². The van der Waals surface area contributed by atoms with Gasteiger partial charge in [-0.2, -0.15) is 13.2 Å². The smallest absolute Gasteiger partial charge is 0.296 e. The fourth-order valence-electron chi connectivity index (χ4n) is 2.22. The molecule has 2 atom stereocenters. The molecule has 15 heavy (non-hydrogen) atoms. The highest BCUT2D eigenvalue weighted by atomic mass is 19.4. The van der Waals surface area contributed by atoms with Crippen molar-refractivity contribution >= 4 is 0 Å². The highest BCUT2D eigenvalue weighted by Gasteiger charge is 2.36. The van der Waals surface area contributed by atoms with Crippen molar-refractivity contribution in [2.45, 2.75) is 18.3 Å². The first-order valence-electron chi connectivity index (χ1n) is 4.71. The molecule has 2 heterocycles. The van der Waals surface area contributed by atoms with Gasteiger partial charge in [-0.25, -0.2) is 0 Å². The summed E-state index contributed by atoms with van der Waals surface area (Å²) in [5.74, 6) is 0. The summed E-state index contributed by atoms with van der Waals surface area (Å²) in [5, 5.41) is 3.19.